The number of halogens is 1. The molecule has 2 aliphatic heterocycles. The van der Waals surface area contributed by atoms with Gasteiger partial charge in [0.05, 0.1) is 12.2 Å². The minimum atomic E-state index is -0.741. The molecule has 0 radical (unpaired) electrons. The van der Waals surface area contributed by atoms with E-state index in [9.17, 15) is 9.90 Å². The van der Waals surface area contributed by atoms with E-state index in [2.05, 4.69) is 40.8 Å². The lowest BCUT2D eigenvalue weighted by molar-refractivity contribution is -0.137. The Bertz CT molecular complexity index is 714. The molecule has 1 aromatic carbocycles. The summed E-state index contributed by atoms with van der Waals surface area (Å²) in [5.41, 5.74) is 0. The van der Waals surface area contributed by atoms with E-state index in [1.54, 1.807) is 0 Å². The number of ether oxygens (including phenoxy) is 2. The van der Waals surface area contributed by atoms with Crippen LogP contribution in [0.3, 0.4) is 0 Å². The number of aliphatic carboxylic acids is 1. The van der Waals surface area contributed by atoms with Gasteiger partial charge in [-0.25, -0.2) is 0 Å². The van der Waals surface area contributed by atoms with E-state index in [1.165, 1.54) is 0 Å². The van der Waals surface area contributed by atoms with E-state index in [0.717, 1.165) is 35.0 Å². The van der Waals surface area contributed by atoms with Crippen LogP contribution in [0.25, 0.3) is 0 Å². The Morgan fingerprint density at radius 3 is 2.76 bits per heavy atom. The van der Waals surface area contributed by atoms with E-state index in [0.29, 0.717) is 24.4 Å². The van der Waals surface area contributed by atoms with Gasteiger partial charge in [-0.15, -0.1) is 0 Å². The molecule has 3 rings (SSSR count). The standard InChI is InChI=1S/C23H29IO5/c24-16-7-10-18(11-8-16)28-15-17(25)9-12-20-19(21-13-14-22(20)29-21)5-3-1-2-4-6-23(26)27/h1,3,7-12,17,19-22,25H,2,4-6,13-15H2,(H,26,27)/b3-1-,12-9+/t17-,19-,20-,21+,22-/m1/s1. The number of unbranched alkanes of at least 4 members (excludes halogenated alkanes) is 1. The smallest absolute Gasteiger partial charge is 0.303 e. The van der Waals surface area contributed by atoms with Crippen LogP contribution in [0, 0.1) is 15.4 Å². The maximum Gasteiger partial charge on any atom is 0.303 e. The van der Waals surface area contributed by atoms with Crippen molar-refractivity contribution in [1.29, 1.82) is 0 Å². The van der Waals surface area contributed by atoms with Gasteiger partial charge in [0.15, 0.2) is 0 Å². The predicted molar refractivity (Wildman–Crippen MR) is 120 cm³/mol. The van der Waals surface area contributed by atoms with Crippen molar-refractivity contribution in [1.82, 2.24) is 0 Å². The number of aliphatic hydroxyl groups is 1. The van der Waals surface area contributed by atoms with Crippen LogP contribution in [0.4, 0.5) is 0 Å². The van der Waals surface area contributed by atoms with E-state index >= 15 is 0 Å². The Hall–Kier alpha value is -1.38. The van der Waals surface area contributed by atoms with Crippen LogP contribution in [0.15, 0.2) is 48.6 Å². The zero-order chi connectivity index (χ0) is 20.6. The van der Waals surface area contributed by atoms with Gasteiger partial charge in [0.2, 0.25) is 0 Å². The molecule has 0 amide bonds. The number of hydrogen-bond donors (Lipinski definition) is 2. The van der Waals surface area contributed by atoms with E-state index < -0.39 is 12.1 Å². The highest BCUT2D eigenvalue weighted by Gasteiger charge is 2.46. The predicted octanol–water partition coefficient (Wildman–Crippen LogP) is 4.58. The number of aliphatic hydroxyl groups excluding tert-OH is 1. The summed E-state index contributed by atoms with van der Waals surface area (Å²) in [6.45, 7) is 0.229. The zero-order valence-electron chi connectivity index (χ0n) is 16.5. The Morgan fingerprint density at radius 1 is 1.24 bits per heavy atom. The molecular formula is C23H29IO5. The fraction of sp³-hybridized carbons (Fsp3) is 0.522. The third-order valence-electron chi connectivity index (χ3n) is 5.61. The molecule has 0 aliphatic carbocycles. The molecule has 2 N–H and O–H groups in total. The highest BCUT2D eigenvalue weighted by Crippen LogP contribution is 2.45. The second-order valence-electron chi connectivity index (χ2n) is 7.74. The second kappa shape index (κ2) is 11.1. The van der Waals surface area contributed by atoms with Crippen LogP contribution >= 0.6 is 22.6 Å². The Labute approximate surface area is 185 Å². The average Bonchev–Trinajstić information content (AvgIpc) is 3.30. The van der Waals surface area contributed by atoms with Crippen molar-refractivity contribution in [2.45, 2.75) is 56.8 Å². The van der Waals surface area contributed by atoms with Crippen molar-refractivity contribution in [3.63, 3.8) is 0 Å². The Kier molecular flexibility index (Phi) is 8.56. The number of carboxylic acid groups (broad SMARTS) is 1. The lowest BCUT2D eigenvalue weighted by atomic mass is 9.77. The first-order valence-electron chi connectivity index (χ1n) is 10.3. The number of benzene rings is 1. The van der Waals surface area contributed by atoms with Crippen molar-refractivity contribution >= 4 is 28.6 Å². The molecule has 2 aliphatic rings. The summed E-state index contributed by atoms with van der Waals surface area (Å²) < 4.78 is 12.9. The Balaban J connectivity index is 1.46. The van der Waals surface area contributed by atoms with Gasteiger partial charge in [0.25, 0.3) is 0 Å². The summed E-state index contributed by atoms with van der Waals surface area (Å²) in [5, 5.41) is 19.0. The van der Waals surface area contributed by atoms with Gasteiger partial charge in [0, 0.05) is 15.9 Å². The quantitative estimate of drug-likeness (QED) is 0.258. The average molecular weight is 512 g/mol. The van der Waals surface area contributed by atoms with Gasteiger partial charge >= 0.3 is 5.97 Å². The summed E-state index contributed by atoms with van der Waals surface area (Å²) in [6.07, 6.45) is 12.9. The highest BCUT2D eigenvalue weighted by molar-refractivity contribution is 14.1. The fourth-order valence-corrected chi connectivity index (χ4v) is 4.51. The number of fused-ring (bicyclic) bond motifs is 2. The molecule has 2 saturated heterocycles. The largest absolute Gasteiger partial charge is 0.491 e. The van der Waals surface area contributed by atoms with Gasteiger partial charge in [-0.3, -0.25) is 4.79 Å². The third-order valence-corrected chi connectivity index (χ3v) is 6.33. The van der Waals surface area contributed by atoms with Gasteiger partial charge < -0.3 is 19.7 Å². The van der Waals surface area contributed by atoms with Crippen LogP contribution in [0.5, 0.6) is 5.75 Å². The van der Waals surface area contributed by atoms with Crippen molar-refractivity contribution in [2.75, 3.05) is 6.61 Å². The number of rotatable bonds is 11. The summed E-state index contributed by atoms with van der Waals surface area (Å²) in [5.74, 6) is 0.747. The molecule has 29 heavy (non-hydrogen) atoms. The zero-order valence-corrected chi connectivity index (χ0v) is 18.6. The molecule has 158 valence electrons. The number of allylic oxidation sites excluding steroid dienone is 2. The van der Waals surface area contributed by atoms with E-state index in [1.807, 2.05) is 30.3 Å². The van der Waals surface area contributed by atoms with E-state index in [4.69, 9.17) is 14.6 Å². The normalized spacial score (nSPS) is 27.1. The number of carboxylic acids is 1. The van der Waals surface area contributed by atoms with Crippen LogP contribution in [0.2, 0.25) is 0 Å². The molecular weight excluding hydrogens is 483 g/mol. The van der Waals surface area contributed by atoms with Crippen molar-refractivity contribution in [3.8, 4) is 5.75 Å². The van der Waals surface area contributed by atoms with E-state index in [-0.39, 0.29) is 19.1 Å². The highest BCUT2D eigenvalue weighted by atomic mass is 127. The van der Waals surface area contributed by atoms with Gasteiger partial charge in [-0.1, -0.05) is 24.3 Å². The molecule has 0 aromatic heterocycles. The van der Waals surface area contributed by atoms with Crippen LogP contribution in [0.1, 0.15) is 38.5 Å². The lowest BCUT2D eigenvalue weighted by Crippen LogP contribution is -2.26. The molecule has 0 spiro atoms. The van der Waals surface area contributed by atoms with Crippen molar-refractivity contribution in [3.05, 3.63) is 52.1 Å². The molecule has 1 aromatic rings. The number of hydrogen-bond acceptors (Lipinski definition) is 4. The number of carbonyl (C=O) groups is 1. The maximum atomic E-state index is 10.6. The first-order chi connectivity index (χ1) is 14.0. The first-order valence-corrected chi connectivity index (χ1v) is 11.4. The van der Waals surface area contributed by atoms with Gasteiger partial charge in [0.1, 0.15) is 18.5 Å². The molecule has 5 nitrogen and oxygen atoms in total. The molecule has 5 atom stereocenters. The first kappa shape index (κ1) is 22.3. The summed E-state index contributed by atoms with van der Waals surface area (Å²) >= 11 is 2.25. The summed E-state index contributed by atoms with van der Waals surface area (Å²) in [7, 11) is 0. The minimum absolute atomic E-state index is 0.217. The second-order valence-corrected chi connectivity index (χ2v) is 8.99. The molecule has 2 fully saturated rings. The van der Waals surface area contributed by atoms with Crippen LogP contribution < -0.4 is 4.74 Å². The molecule has 0 unspecified atom stereocenters. The third kappa shape index (κ3) is 6.83. The minimum Gasteiger partial charge on any atom is -0.491 e. The monoisotopic (exact) mass is 512 g/mol. The SMILES string of the molecule is O=C(O)CCC/C=C\C[C@@H]1[C@@H](/C=C/[C@@H](O)COc2ccc(I)cc2)[C@H]2CC[C@@H]1O2. The topological polar surface area (TPSA) is 76.0 Å². The van der Waals surface area contributed by atoms with Gasteiger partial charge in [-0.05, 0) is 84.9 Å². The molecule has 6 heteroatoms. The fourth-order valence-electron chi connectivity index (χ4n) is 4.15. The maximum absolute atomic E-state index is 10.6. The van der Waals surface area contributed by atoms with Crippen molar-refractivity contribution in [2.24, 2.45) is 11.8 Å². The summed E-state index contributed by atoms with van der Waals surface area (Å²) in [6, 6.07) is 7.76. The van der Waals surface area contributed by atoms with Crippen LogP contribution in [-0.4, -0.2) is 41.1 Å². The Morgan fingerprint density at radius 2 is 2.00 bits per heavy atom. The van der Waals surface area contributed by atoms with Crippen LogP contribution in [-0.2, 0) is 9.53 Å². The van der Waals surface area contributed by atoms with Crippen molar-refractivity contribution < 1.29 is 24.5 Å². The lowest BCUT2D eigenvalue weighted by Gasteiger charge is -2.25. The molecule has 0 saturated carbocycles. The van der Waals surface area contributed by atoms with Gasteiger partial charge in [-0.2, -0.15) is 0 Å². The summed E-state index contributed by atoms with van der Waals surface area (Å²) in [4.78, 5) is 10.6. The molecule has 2 bridgehead atoms. The molecule has 2 heterocycles.